The highest BCUT2D eigenvalue weighted by Crippen LogP contribution is 2.20. The molecule has 1 fully saturated rings. The van der Waals surface area contributed by atoms with Crippen LogP contribution < -0.4 is 11.1 Å². The number of aromatic nitrogens is 2. The van der Waals surface area contributed by atoms with E-state index in [0.29, 0.717) is 17.6 Å². The van der Waals surface area contributed by atoms with Gasteiger partial charge in [-0.15, -0.1) is 0 Å². The van der Waals surface area contributed by atoms with Gasteiger partial charge >= 0.3 is 23.8 Å². The van der Waals surface area contributed by atoms with Crippen molar-refractivity contribution in [3.8, 4) is 0 Å². The molecule has 1 aromatic carbocycles. The molecular formula is C16H18N6O5. The molecule has 0 spiro atoms. The zero-order valence-corrected chi connectivity index (χ0v) is 14.4. The largest absolute Gasteiger partial charge is 0.479 e. The fraction of sp³-hybridized carbons (Fsp3) is 0.312. The van der Waals surface area contributed by atoms with Gasteiger partial charge in [-0.2, -0.15) is 0 Å². The number of anilines is 1. The number of nitrogens with two attached hydrogens (primary N) is 1. The molecule has 1 unspecified atom stereocenters. The van der Waals surface area contributed by atoms with Crippen LogP contribution in [-0.4, -0.2) is 68.3 Å². The number of rotatable bonds is 4. The van der Waals surface area contributed by atoms with E-state index in [1.165, 1.54) is 17.0 Å². The molecule has 0 radical (unpaired) electrons. The number of aliphatic carboxylic acids is 1. The Morgan fingerprint density at radius 3 is 2.74 bits per heavy atom. The molecule has 0 aliphatic carbocycles. The summed E-state index contributed by atoms with van der Waals surface area (Å²) in [5.74, 6) is -2.92. The molecule has 2 aromatic rings. The molecule has 1 aromatic heterocycles. The van der Waals surface area contributed by atoms with Crippen LogP contribution in [0.2, 0.25) is 0 Å². The van der Waals surface area contributed by atoms with E-state index in [2.05, 4.69) is 15.3 Å². The van der Waals surface area contributed by atoms with Crippen molar-refractivity contribution < 1.29 is 24.3 Å². The molecule has 5 N–H and O–H groups in total. The third kappa shape index (κ3) is 3.38. The van der Waals surface area contributed by atoms with Crippen LogP contribution in [0.1, 0.15) is 18.5 Å². The highest BCUT2D eigenvalue weighted by molar-refractivity contribution is 6.38. The Bertz CT molecular complexity index is 939. The number of nitrogen functional groups attached to an aromatic ring is 1. The molecule has 2 heterocycles. The Labute approximate surface area is 153 Å². The Hall–Kier alpha value is -3.63. The van der Waals surface area contributed by atoms with E-state index in [0.717, 1.165) is 4.90 Å². The summed E-state index contributed by atoms with van der Waals surface area (Å²) in [6, 6.07) is 2.19. The maximum Gasteiger partial charge on any atom is 0.330 e. The first-order chi connectivity index (χ1) is 12.8. The Kier molecular flexibility index (Phi) is 4.67. The number of carboxylic acids is 1. The number of aromatic amines is 1. The lowest BCUT2D eigenvalue weighted by Gasteiger charge is -2.32. The number of carbonyl (C=O) groups is 4. The smallest absolute Gasteiger partial charge is 0.330 e. The monoisotopic (exact) mass is 374 g/mol. The zero-order chi connectivity index (χ0) is 19.7. The second kappa shape index (κ2) is 6.94. The lowest BCUT2D eigenvalue weighted by molar-refractivity contribution is -0.153. The zero-order valence-electron chi connectivity index (χ0n) is 14.4. The van der Waals surface area contributed by atoms with Crippen LogP contribution in [0.15, 0.2) is 18.2 Å². The first kappa shape index (κ1) is 18.2. The van der Waals surface area contributed by atoms with E-state index in [1.807, 2.05) is 0 Å². The topological polar surface area (TPSA) is 162 Å². The van der Waals surface area contributed by atoms with Crippen molar-refractivity contribution in [2.24, 2.45) is 0 Å². The number of benzene rings is 1. The standard InChI is InChI=1S/C16H18N6O5/c1-2-21-5-6-22(13(24)12(21)23)16(27)20-11(14(25)26)8-3-4-9-10(7-8)19-15(17)18-9/h3-4,7,11H,2,5-6H2,1H3,(H,20,27)(H,25,26)(H3,17,18,19). The number of imide groups is 1. The third-order valence-corrected chi connectivity index (χ3v) is 4.31. The number of urea groups is 1. The van der Waals surface area contributed by atoms with Gasteiger partial charge < -0.3 is 26.0 Å². The van der Waals surface area contributed by atoms with Crippen LogP contribution in [0.25, 0.3) is 11.0 Å². The fourth-order valence-corrected chi connectivity index (χ4v) is 2.89. The molecule has 11 heteroatoms. The summed E-state index contributed by atoms with van der Waals surface area (Å²) in [5.41, 5.74) is 6.89. The maximum absolute atomic E-state index is 12.4. The molecule has 0 bridgehead atoms. The van der Waals surface area contributed by atoms with Crippen LogP contribution in [-0.2, 0) is 14.4 Å². The molecule has 142 valence electrons. The molecule has 27 heavy (non-hydrogen) atoms. The number of nitrogens with one attached hydrogen (secondary N) is 2. The predicted octanol–water partition coefficient (Wildman–Crippen LogP) is -0.329. The van der Waals surface area contributed by atoms with E-state index in [1.54, 1.807) is 13.0 Å². The number of carbonyl (C=O) groups excluding carboxylic acids is 3. The quantitative estimate of drug-likeness (QED) is 0.533. The van der Waals surface area contributed by atoms with Gasteiger partial charge in [0.25, 0.3) is 0 Å². The number of hydrogen-bond donors (Lipinski definition) is 4. The van der Waals surface area contributed by atoms with Crippen LogP contribution in [0.3, 0.4) is 0 Å². The normalized spacial score (nSPS) is 15.9. The van der Waals surface area contributed by atoms with E-state index < -0.39 is 29.9 Å². The first-order valence-corrected chi connectivity index (χ1v) is 8.21. The van der Waals surface area contributed by atoms with Crippen molar-refractivity contribution in [1.29, 1.82) is 0 Å². The minimum absolute atomic E-state index is 0.00724. The van der Waals surface area contributed by atoms with E-state index in [4.69, 9.17) is 5.73 Å². The third-order valence-electron chi connectivity index (χ3n) is 4.31. The minimum atomic E-state index is -1.42. The summed E-state index contributed by atoms with van der Waals surface area (Å²) in [4.78, 5) is 56.9. The van der Waals surface area contributed by atoms with Crippen LogP contribution in [0.4, 0.5) is 10.7 Å². The number of nitrogens with zero attached hydrogens (tertiary/aromatic N) is 3. The summed E-state index contributed by atoms with van der Waals surface area (Å²) in [7, 11) is 0. The molecule has 4 amide bonds. The van der Waals surface area contributed by atoms with E-state index in [-0.39, 0.29) is 24.6 Å². The van der Waals surface area contributed by atoms with Gasteiger partial charge in [0.2, 0.25) is 0 Å². The van der Waals surface area contributed by atoms with Crippen molar-refractivity contribution in [2.45, 2.75) is 13.0 Å². The number of amides is 4. The Morgan fingerprint density at radius 2 is 2.07 bits per heavy atom. The van der Waals surface area contributed by atoms with Gasteiger partial charge in [0, 0.05) is 19.6 Å². The highest BCUT2D eigenvalue weighted by Gasteiger charge is 2.37. The summed E-state index contributed by atoms with van der Waals surface area (Å²) in [6.45, 7) is 2.27. The first-order valence-electron chi connectivity index (χ1n) is 8.21. The molecule has 1 aliphatic rings. The van der Waals surface area contributed by atoms with E-state index >= 15 is 0 Å². The molecule has 1 aliphatic heterocycles. The number of H-pyrrole nitrogens is 1. The van der Waals surface area contributed by atoms with Crippen molar-refractivity contribution in [1.82, 2.24) is 25.1 Å². The summed E-state index contributed by atoms with van der Waals surface area (Å²) in [5, 5.41) is 11.8. The molecule has 11 nitrogen and oxygen atoms in total. The van der Waals surface area contributed by atoms with Gasteiger partial charge in [-0.3, -0.25) is 14.5 Å². The fourth-order valence-electron chi connectivity index (χ4n) is 2.89. The van der Waals surface area contributed by atoms with Gasteiger partial charge in [0.05, 0.1) is 11.0 Å². The van der Waals surface area contributed by atoms with Gasteiger partial charge in [-0.1, -0.05) is 6.07 Å². The van der Waals surface area contributed by atoms with Crippen LogP contribution >= 0.6 is 0 Å². The summed E-state index contributed by atoms with van der Waals surface area (Å²) in [6.07, 6.45) is 0. The lowest BCUT2D eigenvalue weighted by atomic mass is 10.1. The molecule has 3 rings (SSSR count). The van der Waals surface area contributed by atoms with Crippen molar-refractivity contribution in [2.75, 3.05) is 25.4 Å². The molecular weight excluding hydrogens is 356 g/mol. The van der Waals surface area contributed by atoms with E-state index in [9.17, 15) is 24.3 Å². The highest BCUT2D eigenvalue weighted by atomic mass is 16.4. The number of piperazine rings is 1. The maximum atomic E-state index is 12.4. The molecule has 1 saturated heterocycles. The number of carboxylic acid groups (broad SMARTS) is 1. The second-order valence-corrected chi connectivity index (χ2v) is 5.96. The van der Waals surface area contributed by atoms with Crippen molar-refractivity contribution in [3.05, 3.63) is 23.8 Å². The Morgan fingerprint density at radius 1 is 1.33 bits per heavy atom. The molecule has 1 atom stereocenters. The average molecular weight is 374 g/mol. The minimum Gasteiger partial charge on any atom is -0.479 e. The van der Waals surface area contributed by atoms with Gasteiger partial charge in [0.1, 0.15) is 0 Å². The van der Waals surface area contributed by atoms with Crippen LogP contribution in [0, 0.1) is 0 Å². The average Bonchev–Trinajstić information content (AvgIpc) is 3.00. The predicted molar refractivity (Wildman–Crippen MR) is 93.4 cm³/mol. The number of hydrogen-bond acceptors (Lipinski definition) is 6. The lowest BCUT2D eigenvalue weighted by Crippen LogP contribution is -2.58. The SMILES string of the molecule is CCN1CCN(C(=O)NC(C(=O)O)c2ccc3nc(N)[nH]c3c2)C(=O)C1=O. The van der Waals surface area contributed by atoms with Crippen molar-refractivity contribution >= 4 is 40.8 Å². The van der Waals surface area contributed by atoms with Gasteiger partial charge in [0.15, 0.2) is 12.0 Å². The van der Waals surface area contributed by atoms with Crippen molar-refractivity contribution in [3.63, 3.8) is 0 Å². The molecule has 0 saturated carbocycles. The van der Waals surface area contributed by atoms with Crippen LogP contribution in [0.5, 0.6) is 0 Å². The number of likely N-dealkylation sites (N-methyl/N-ethyl adjacent to an activating group) is 1. The van der Waals surface area contributed by atoms with Gasteiger partial charge in [-0.05, 0) is 24.6 Å². The number of imidazole rings is 1. The summed E-state index contributed by atoms with van der Waals surface area (Å²) >= 11 is 0. The summed E-state index contributed by atoms with van der Waals surface area (Å²) < 4.78 is 0. The van der Waals surface area contributed by atoms with Gasteiger partial charge in [-0.25, -0.2) is 14.6 Å². The second-order valence-electron chi connectivity index (χ2n) is 5.96. The Balaban J connectivity index is 1.81. The number of fused-ring (bicyclic) bond motifs is 1.